The van der Waals surface area contributed by atoms with E-state index >= 15 is 0 Å². The quantitative estimate of drug-likeness (QED) is 0.886. The zero-order valence-electron chi connectivity index (χ0n) is 15.1. The van der Waals surface area contributed by atoms with Crippen molar-refractivity contribution in [3.8, 4) is 0 Å². The zero-order chi connectivity index (χ0) is 16.9. The van der Waals surface area contributed by atoms with E-state index in [4.69, 9.17) is 4.42 Å². The standard InChI is InChI=1S/C21H30N2O2/c24-20(21-11-15-8-16(12-21)10-17(9-15)13-21)22-14-18(19-4-3-7-25-19)23-5-1-2-6-23/h3-4,7,15-18H,1-2,5-6,8-14H2,(H,22,24)/t15?,16?,17?,18-,21?/m1/s1. The van der Waals surface area contributed by atoms with Crippen LogP contribution in [0.5, 0.6) is 0 Å². The molecule has 5 aliphatic rings. The van der Waals surface area contributed by atoms with Crippen LogP contribution < -0.4 is 5.32 Å². The summed E-state index contributed by atoms with van der Waals surface area (Å²) in [6.45, 7) is 2.91. The predicted molar refractivity (Wildman–Crippen MR) is 95.9 cm³/mol. The molecule has 0 unspecified atom stereocenters. The van der Waals surface area contributed by atoms with Crippen molar-refractivity contribution in [3.63, 3.8) is 0 Å². The summed E-state index contributed by atoms with van der Waals surface area (Å²) in [5.74, 6) is 3.78. The lowest BCUT2D eigenvalue weighted by Gasteiger charge is -2.55. The third-order valence-corrected chi connectivity index (χ3v) is 7.43. The lowest BCUT2D eigenvalue weighted by Crippen LogP contribution is -2.54. The van der Waals surface area contributed by atoms with Crippen LogP contribution in [0.2, 0.25) is 0 Å². The van der Waals surface area contributed by atoms with Crippen molar-refractivity contribution in [1.29, 1.82) is 0 Å². The van der Waals surface area contributed by atoms with Crippen LogP contribution in [-0.4, -0.2) is 30.4 Å². The Kier molecular flexibility index (Phi) is 3.92. The molecule has 1 aromatic heterocycles. The smallest absolute Gasteiger partial charge is 0.226 e. The van der Waals surface area contributed by atoms with Gasteiger partial charge in [0.1, 0.15) is 5.76 Å². The van der Waals surface area contributed by atoms with Gasteiger partial charge in [0.2, 0.25) is 5.91 Å². The van der Waals surface area contributed by atoms with E-state index in [9.17, 15) is 4.79 Å². The fraction of sp³-hybridized carbons (Fsp3) is 0.762. The Morgan fingerprint density at radius 1 is 1.16 bits per heavy atom. The monoisotopic (exact) mass is 342 g/mol. The highest BCUT2D eigenvalue weighted by molar-refractivity contribution is 5.83. The third-order valence-electron chi connectivity index (χ3n) is 7.43. The average molecular weight is 342 g/mol. The van der Waals surface area contributed by atoms with Crippen molar-refractivity contribution < 1.29 is 9.21 Å². The van der Waals surface area contributed by atoms with Gasteiger partial charge in [-0.15, -0.1) is 0 Å². The lowest BCUT2D eigenvalue weighted by atomic mass is 9.49. The second-order valence-corrected chi connectivity index (χ2v) is 9.18. The molecule has 1 amide bonds. The molecule has 0 spiro atoms. The van der Waals surface area contributed by atoms with Gasteiger partial charge < -0.3 is 9.73 Å². The molecule has 1 N–H and O–H groups in total. The van der Waals surface area contributed by atoms with Crippen LogP contribution in [0.1, 0.15) is 63.2 Å². The van der Waals surface area contributed by atoms with Gasteiger partial charge in [-0.1, -0.05) is 0 Å². The molecular weight excluding hydrogens is 312 g/mol. The SMILES string of the molecule is O=C(NC[C@H](c1ccco1)N1CCCC1)C12CC3CC(CC(C3)C1)C2. The number of carbonyl (C=O) groups excluding carboxylic acids is 1. The van der Waals surface area contributed by atoms with Crippen LogP contribution in [0.15, 0.2) is 22.8 Å². The molecule has 1 saturated heterocycles. The van der Waals surface area contributed by atoms with Crippen molar-refractivity contribution >= 4 is 5.91 Å². The topological polar surface area (TPSA) is 45.5 Å². The first kappa shape index (κ1) is 15.9. The number of nitrogens with one attached hydrogen (secondary N) is 1. The number of amides is 1. The number of hydrogen-bond acceptors (Lipinski definition) is 3. The Balaban J connectivity index is 1.29. The molecule has 2 heterocycles. The summed E-state index contributed by atoms with van der Waals surface area (Å²) < 4.78 is 5.70. The largest absolute Gasteiger partial charge is 0.468 e. The maximum Gasteiger partial charge on any atom is 0.226 e. The Morgan fingerprint density at radius 2 is 1.80 bits per heavy atom. The van der Waals surface area contributed by atoms with Gasteiger partial charge in [-0.3, -0.25) is 9.69 Å². The normalized spacial score (nSPS) is 38.2. The lowest BCUT2D eigenvalue weighted by molar-refractivity contribution is -0.146. The van der Waals surface area contributed by atoms with E-state index in [1.54, 1.807) is 6.26 Å². The number of carbonyl (C=O) groups is 1. The van der Waals surface area contributed by atoms with Crippen LogP contribution in [0, 0.1) is 23.2 Å². The minimum atomic E-state index is -0.0481. The first-order valence-corrected chi connectivity index (χ1v) is 10.3. The molecule has 0 aromatic carbocycles. The van der Waals surface area contributed by atoms with Crippen LogP contribution >= 0.6 is 0 Å². The average Bonchev–Trinajstić information content (AvgIpc) is 3.28. The minimum absolute atomic E-state index is 0.0481. The molecule has 4 aliphatic carbocycles. The second-order valence-electron chi connectivity index (χ2n) is 9.18. The molecule has 0 radical (unpaired) electrons. The van der Waals surface area contributed by atoms with Gasteiger partial charge in [-0.25, -0.2) is 0 Å². The van der Waals surface area contributed by atoms with Crippen LogP contribution in [-0.2, 0) is 4.79 Å². The maximum absolute atomic E-state index is 13.2. The summed E-state index contributed by atoms with van der Waals surface area (Å²) in [7, 11) is 0. The van der Waals surface area contributed by atoms with Crippen LogP contribution in [0.3, 0.4) is 0 Å². The van der Waals surface area contributed by atoms with Gasteiger partial charge >= 0.3 is 0 Å². The van der Waals surface area contributed by atoms with Crippen molar-refractivity contribution in [3.05, 3.63) is 24.2 Å². The van der Waals surface area contributed by atoms with E-state index in [2.05, 4.69) is 16.3 Å². The van der Waals surface area contributed by atoms with Gasteiger partial charge in [0.25, 0.3) is 0 Å². The van der Waals surface area contributed by atoms with E-state index in [-0.39, 0.29) is 11.5 Å². The number of rotatable bonds is 5. The molecule has 1 aliphatic heterocycles. The highest BCUT2D eigenvalue weighted by Crippen LogP contribution is 2.60. The summed E-state index contributed by atoms with van der Waals surface area (Å²) in [4.78, 5) is 15.7. The van der Waals surface area contributed by atoms with Gasteiger partial charge in [-0.2, -0.15) is 0 Å². The Labute approximate surface area is 150 Å². The molecule has 1 aromatic rings. The summed E-state index contributed by atoms with van der Waals surface area (Å²) in [5, 5.41) is 3.36. The Hall–Kier alpha value is -1.29. The highest BCUT2D eigenvalue weighted by atomic mass is 16.3. The molecule has 4 bridgehead atoms. The molecule has 136 valence electrons. The van der Waals surface area contributed by atoms with Gasteiger partial charge in [0.15, 0.2) is 0 Å². The molecule has 4 heteroatoms. The molecule has 1 atom stereocenters. The number of furan rings is 1. The third kappa shape index (κ3) is 2.83. The summed E-state index contributed by atoms with van der Waals surface area (Å²) in [6.07, 6.45) is 11.8. The fourth-order valence-corrected chi connectivity index (χ4v) is 6.71. The van der Waals surface area contributed by atoms with Crippen molar-refractivity contribution in [1.82, 2.24) is 10.2 Å². The van der Waals surface area contributed by atoms with E-state index in [1.165, 1.54) is 32.1 Å². The number of likely N-dealkylation sites (tertiary alicyclic amines) is 1. The molecular formula is C21H30N2O2. The second kappa shape index (κ2) is 6.15. The van der Waals surface area contributed by atoms with E-state index < -0.39 is 0 Å². The van der Waals surface area contributed by atoms with E-state index in [0.29, 0.717) is 12.5 Å². The molecule has 6 rings (SSSR count). The predicted octanol–water partition coefficient (Wildman–Crippen LogP) is 3.75. The minimum Gasteiger partial charge on any atom is -0.468 e. The van der Waals surface area contributed by atoms with Crippen molar-refractivity contribution in [2.24, 2.45) is 23.2 Å². The van der Waals surface area contributed by atoms with Gasteiger partial charge in [0.05, 0.1) is 12.3 Å². The van der Waals surface area contributed by atoms with Crippen LogP contribution in [0.4, 0.5) is 0 Å². The summed E-state index contributed by atoms with van der Waals surface area (Å²) in [5.41, 5.74) is -0.0481. The number of nitrogens with zero attached hydrogens (tertiary/aromatic N) is 1. The molecule has 4 nitrogen and oxygen atoms in total. The fourth-order valence-electron chi connectivity index (χ4n) is 6.71. The van der Waals surface area contributed by atoms with E-state index in [1.807, 2.05) is 6.07 Å². The molecule has 25 heavy (non-hydrogen) atoms. The molecule has 5 fully saturated rings. The summed E-state index contributed by atoms with van der Waals surface area (Å²) >= 11 is 0. The first-order valence-electron chi connectivity index (χ1n) is 10.3. The highest BCUT2D eigenvalue weighted by Gasteiger charge is 2.54. The first-order chi connectivity index (χ1) is 12.2. The van der Waals surface area contributed by atoms with Gasteiger partial charge in [0, 0.05) is 12.0 Å². The zero-order valence-corrected chi connectivity index (χ0v) is 15.1. The Bertz CT molecular complexity index is 583. The maximum atomic E-state index is 13.2. The molecule has 4 saturated carbocycles. The van der Waals surface area contributed by atoms with Crippen LogP contribution in [0.25, 0.3) is 0 Å². The number of hydrogen-bond donors (Lipinski definition) is 1. The van der Waals surface area contributed by atoms with Crippen molar-refractivity contribution in [2.45, 2.75) is 57.4 Å². The van der Waals surface area contributed by atoms with Crippen molar-refractivity contribution in [2.75, 3.05) is 19.6 Å². The van der Waals surface area contributed by atoms with E-state index in [0.717, 1.165) is 55.9 Å². The van der Waals surface area contributed by atoms with Gasteiger partial charge in [-0.05, 0) is 94.3 Å². The Morgan fingerprint density at radius 3 is 2.36 bits per heavy atom. The summed E-state index contributed by atoms with van der Waals surface area (Å²) in [6, 6.07) is 4.20.